The SMILES string of the molecule is C1CSSC1.CC(=O)CCCCC1CCSS1.CC1(C(=O)O)CSSC1.Cc1ccc(S(=O)(=O)OC2CSS(=O)CC2OS(=O)(=O)c2ccc(C)cc2)cc1.O=C(O)C1CC(C(=O)O)SS1.O=C(O)C1CCC(C(=O)O)SS1.O=C(O)C1CCSS1.O=S1(=O)CCCCS1.O=S1CCCCS1.OC1CCSCC1O.OCC1(CO)CSSC1. The molecule has 11 saturated heterocycles. The average Bonchev–Trinajstić information content (AvgIpc) is 1.59. The fraction of sp³-hybridized carbons (Fsp3) is 0.721. The van der Waals surface area contributed by atoms with Crippen LogP contribution in [0.1, 0.15) is 121 Å². The molecule has 2 aromatic rings. The maximum absolute atomic E-state index is 12.6. The highest BCUT2D eigenvalue weighted by Crippen LogP contribution is 2.46. The number of hydrogen-bond donors (Lipinski definition) is 10. The van der Waals surface area contributed by atoms with Crippen molar-refractivity contribution in [1.29, 1.82) is 0 Å². The summed E-state index contributed by atoms with van der Waals surface area (Å²) in [5.41, 5.74) is 1.12. The lowest BCUT2D eigenvalue weighted by atomic mass is 9.96. The van der Waals surface area contributed by atoms with E-state index in [1.165, 1.54) is 90.8 Å². The number of hydrogen-bond acceptors (Lipinski definition) is 39. The quantitative estimate of drug-likeness (QED) is 0.0355. The second kappa shape index (κ2) is 62.4. The summed E-state index contributed by atoms with van der Waals surface area (Å²) < 4.78 is 105. The van der Waals surface area contributed by atoms with Crippen LogP contribution < -0.4 is 0 Å². The highest BCUT2D eigenvalue weighted by atomic mass is 33.1. The maximum atomic E-state index is 12.6. The van der Waals surface area contributed by atoms with Crippen LogP contribution in [0.25, 0.3) is 0 Å². The van der Waals surface area contributed by atoms with Gasteiger partial charge in [0.2, 0.25) is 8.87 Å². The number of thioether (sulfide) groups is 1. The number of aryl methyl sites for hydroxylation is 2. The van der Waals surface area contributed by atoms with E-state index in [-0.39, 0.29) is 51.6 Å². The zero-order valence-electron chi connectivity index (χ0n) is 65.0. The van der Waals surface area contributed by atoms with Crippen molar-refractivity contribution >= 4 is 286 Å². The third-order valence-electron chi connectivity index (χ3n) is 16.6. The Labute approximate surface area is 768 Å². The van der Waals surface area contributed by atoms with Gasteiger partial charge in [0.25, 0.3) is 20.2 Å². The standard InChI is InChI=1S/C18H20O7S4.C9H16OS2.C6H8O4S2.C5H6O4S2.C5H8O2S2.C5H10O2S2.C5H10O2S.C4H6O2S2.C4H8O2S2.C4H8OS2.C3H6S2/c1-13-3-7-15(8-4-13)28(20,21)24-17-11-26-27(19)12-18(17)25-29(22,23)16-9-5-14(2)6-10-16;1-8(10)4-2-3-5-9-6-7-11-12-9;7-5(8)3-1-2-4(6(9)10)12-11-3;6-4(7)2-1-3(5(8)9)11-10-2;1-5(4(6)7)2-8-9-3-5;6-1-5(2-7)3-8-9-4-5;6-4-1-2-8-3-5(4)7;5-4(6)3-1-2-7-8-3;5-8(6)4-2-1-3-7-8;5-7-4-2-1-3-6-7;1-2-4-5-3-1/h3-10,17-18H,11-12H2,1-2H3;9H,2-7H2,1H3;3-4H,1-2H2,(H,7,8)(H,9,10);2-3H,1H2,(H,6,7)(H,8,9);2-3H2,1H3,(H,6,7);6-7H,1-4H2;4-7H,1-3H2;3H,1-2H2,(H,5,6);1-4H2;1-4H2;1-3H2. The van der Waals surface area contributed by atoms with Crippen LogP contribution in [0.15, 0.2) is 58.3 Å². The topological polar surface area (TPSA) is 477 Å². The highest BCUT2D eigenvalue weighted by Gasteiger charge is 2.41. The molecule has 0 amide bonds. The number of Topliss-reactive ketones (excluding diaryl/α,β-unsaturated/α-hetero) is 1. The molecule has 50 heteroatoms. The molecule has 11 heterocycles. The van der Waals surface area contributed by atoms with Crippen molar-refractivity contribution in [3.05, 3.63) is 59.7 Å². The fourth-order valence-corrected chi connectivity index (χ4v) is 41.5. The zero-order valence-corrected chi connectivity index (χ0v) is 83.8. The van der Waals surface area contributed by atoms with Gasteiger partial charge < -0.3 is 55.9 Å². The van der Waals surface area contributed by atoms with Crippen molar-refractivity contribution in [3.8, 4) is 0 Å². The van der Waals surface area contributed by atoms with E-state index in [0.717, 1.165) is 171 Å². The molecule has 13 rings (SSSR count). The van der Waals surface area contributed by atoms with Crippen LogP contribution >= 0.6 is 195 Å². The minimum atomic E-state index is -4.18. The predicted molar refractivity (Wildman–Crippen MR) is 511 cm³/mol. The first-order valence-corrected chi connectivity index (χ1v) is 66.2. The number of rotatable bonds is 19. The van der Waals surface area contributed by atoms with Crippen molar-refractivity contribution < 1.29 is 127 Å². The number of aliphatic hydroxyl groups is 4. The number of aliphatic carboxylic acids is 6. The normalized spacial score (nSPS) is 27.0. The molecule has 678 valence electrons. The summed E-state index contributed by atoms with van der Waals surface area (Å²) in [6, 6.07) is 12.2. The van der Waals surface area contributed by atoms with E-state index in [1.807, 2.05) is 57.0 Å². The van der Waals surface area contributed by atoms with Gasteiger partial charge >= 0.3 is 35.8 Å². The van der Waals surface area contributed by atoms with Crippen molar-refractivity contribution in [2.45, 2.75) is 190 Å². The fourth-order valence-electron chi connectivity index (χ4n) is 9.21. The first-order valence-electron chi connectivity index (χ1n) is 36.6. The Hall–Kier alpha value is 1.14. The van der Waals surface area contributed by atoms with Crippen LogP contribution in [0.3, 0.4) is 0 Å². The molecule has 118 heavy (non-hydrogen) atoms. The summed E-state index contributed by atoms with van der Waals surface area (Å²) in [4.78, 5) is 72.8. The third-order valence-corrected chi connectivity index (χ3v) is 50.5. The number of carboxylic acid groups (broad SMARTS) is 6. The average molecular weight is 2090 g/mol. The van der Waals surface area contributed by atoms with Gasteiger partial charge in [-0.2, -0.15) is 28.6 Å². The Kier molecular flexibility index (Phi) is 60.0. The number of benzene rings is 2. The monoisotopic (exact) mass is 2090 g/mol. The lowest BCUT2D eigenvalue weighted by molar-refractivity contribution is -0.145. The van der Waals surface area contributed by atoms with Gasteiger partial charge in [-0.1, -0.05) is 215 Å². The van der Waals surface area contributed by atoms with E-state index < -0.39 is 135 Å². The van der Waals surface area contributed by atoms with Crippen molar-refractivity contribution in [2.24, 2.45) is 10.8 Å². The Morgan fingerprint density at radius 2 is 0.983 bits per heavy atom. The smallest absolute Gasteiger partial charge is 0.317 e. The molecule has 11 aliphatic heterocycles. The first-order chi connectivity index (χ1) is 55.8. The molecule has 0 saturated carbocycles. The maximum Gasteiger partial charge on any atom is 0.317 e. The van der Waals surface area contributed by atoms with Gasteiger partial charge in [0.1, 0.15) is 44.2 Å². The molecular formula is C68H106O27S23. The van der Waals surface area contributed by atoms with Crippen LogP contribution in [-0.4, -0.2) is 288 Å². The van der Waals surface area contributed by atoms with Crippen molar-refractivity contribution in [1.82, 2.24) is 0 Å². The lowest BCUT2D eigenvalue weighted by Crippen LogP contribution is -2.43. The van der Waals surface area contributed by atoms with Gasteiger partial charge in [-0.15, -0.1) is 0 Å². The van der Waals surface area contributed by atoms with Gasteiger partial charge in [-0.05, 0) is 152 Å². The van der Waals surface area contributed by atoms with E-state index in [0.29, 0.717) is 30.1 Å². The summed E-state index contributed by atoms with van der Waals surface area (Å²) in [6.07, 6.45) is 11.0. The molecule has 0 radical (unpaired) electrons. The van der Waals surface area contributed by atoms with E-state index in [1.54, 1.807) is 115 Å². The van der Waals surface area contributed by atoms with Crippen LogP contribution in [0.4, 0.5) is 0 Å². The number of carbonyl (C=O) groups is 7. The molecule has 12 unspecified atom stereocenters. The molecule has 11 fully saturated rings. The van der Waals surface area contributed by atoms with Crippen LogP contribution in [0.5, 0.6) is 0 Å². The summed E-state index contributed by atoms with van der Waals surface area (Å²) in [5.74, 6) is 8.51. The third kappa shape index (κ3) is 48.7. The largest absolute Gasteiger partial charge is 0.481 e. The Morgan fingerprint density at radius 3 is 1.31 bits per heavy atom. The van der Waals surface area contributed by atoms with Crippen molar-refractivity contribution in [2.75, 3.05) is 105 Å². The van der Waals surface area contributed by atoms with E-state index in [2.05, 4.69) is 0 Å². The number of ketones is 1. The van der Waals surface area contributed by atoms with Crippen LogP contribution in [0.2, 0.25) is 0 Å². The highest BCUT2D eigenvalue weighted by molar-refractivity contribution is 8.79. The predicted octanol–water partition coefficient (Wildman–Crippen LogP) is 14.3. The summed E-state index contributed by atoms with van der Waals surface area (Å²) in [6.45, 7) is 7.35. The molecule has 27 nitrogen and oxygen atoms in total. The Balaban J connectivity index is 0.000000350. The Bertz CT molecular complexity index is 3610. The number of aliphatic hydroxyl groups excluding tert-OH is 4. The van der Waals surface area contributed by atoms with Crippen LogP contribution in [0, 0.1) is 24.7 Å². The molecule has 2 aromatic carbocycles. The minimum Gasteiger partial charge on any atom is -0.481 e. The molecule has 0 spiro atoms. The van der Waals surface area contributed by atoms with Crippen LogP contribution in [-0.2, 0) is 90.7 Å². The zero-order chi connectivity index (χ0) is 87.9. The van der Waals surface area contributed by atoms with E-state index >= 15 is 0 Å². The van der Waals surface area contributed by atoms with Gasteiger partial charge in [0.05, 0.1) is 71.8 Å². The summed E-state index contributed by atoms with van der Waals surface area (Å²) in [7, 11) is 13.2. The number of carbonyl (C=O) groups excluding carboxylic acids is 1. The molecular weight excluding hydrogens is 1990 g/mol. The molecule has 0 aliphatic carbocycles. The Morgan fingerprint density at radius 1 is 0.500 bits per heavy atom. The van der Waals surface area contributed by atoms with Gasteiger partial charge in [0.15, 0.2) is 0 Å². The molecule has 0 bridgehead atoms. The second-order valence-electron chi connectivity index (χ2n) is 26.9. The molecule has 11 aliphatic rings. The van der Waals surface area contributed by atoms with Gasteiger partial charge in [-0.3, -0.25) is 37.1 Å². The van der Waals surface area contributed by atoms with Gasteiger partial charge in [-0.25, -0.2) is 16.8 Å². The molecule has 0 aromatic heterocycles. The van der Waals surface area contributed by atoms with E-state index in [9.17, 15) is 67.2 Å². The minimum absolute atomic E-state index is 0.0196. The molecule has 12 atom stereocenters. The first kappa shape index (κ1) is 113. The van der Waals surface area contributed by atoms with Crippen molar-refractivity contribution in [3.63, 3.8) is 0 Å². The van der Waals surface area contributed by atoms with Gasteiger partial charge in [0, 0.05) is 91.9 Å². The lowest BCUT2D eigenvalue weighted by Gasteiger charge is -2.29. The second-order valence-corrected chi connectivity index (χ2v) is 60.9. The molecule has 10 N–H and O–H groups in total. The van der Waals surface area contributed by atoms with E-state index in [4.69, 9.17) is 59.4 Å². The number of unbranched alkanes of at least 4 members (excludes halogenated alkanes) is 1. The summed E-state index contributed by atoms with van der Waals surface area (Å²) in [5, 5.41) is 85.4. The number of carboxylic acids is 6. The summed E-state index contributed by atoms with van der Waals surface area (Å²) >= 11 is 1.70.